The molecule has 0 spiro atoms. The molecule has 0 bridgehead atoms. The Morgan fingerprint density at radius 1 is 1.25 bits per heavy atom. The molecule has 2 nitrogen and oxygen atoms in total. The molecular weight excluding hydrogens is 123 g/mol. The average Bonchev–Trinajstić information content (AvgIpc) is 1.87. The molecular formula is C5H14O2P+. The third-order valence-electron chi connectivity index (χ3n) is 1.45. The van der Waals surface area contributed by atoms with Gasteiger partial charge in [0.25, 0.3) is 0 Å². The molecule has 0 fully saturated rings. The highest BCUT2D eigenvalue weighted by Crippen LogP contribution is 2.52. The standard InChI is InChI=1S/C5H14O2P/c1-3-8(2,4-6)5-7/h6-7H,3-5H2,1-2H3/q+1. The summed E-state index contributed by atoms with van der Waals surface area (Å²) in [6, 6.07) is 0. The number of aliphatic hydroxyl groups excluding tert-OH is 2. The van der Waals surface area contributed by atoms with Crippen molar-refractivity contribution in [2.75, 3.05) is 25.5 Å². The molecule has 0 radical (unpaired) electrons. The van der Waals surface area contributed by atoms with Crippen LogP contribution in [-0.2, 0) is 0 Å². The van der Waals surface area contributed by atoms with Crippen molar-refractivity contribution in [2.24, 2.45) is 0 Å². The average molecular weight is 137 g/mol. The third kappa shape index (κ3) is 2.08. The van der Waals surface area contributed by atoms with Gasteiger partial charge in [0.15, 0.2) is 12.7 Å². The van der Waals surface area contributed by atoms with E-state index in [9.17, 15) is 0 Å². The quantitative estimate of drug-likeness (QED) is 0.558. The largest absolute Gasteiger partial charge is 0.362 e. The number of hydrogen-bond acceptors (Lipinski definition) is 2. The molecule has 3 heteroatoms. The zero-order valence-electron chi connectivity index (χ0n) is 5.46. The molecule has 0 rings (SSSR count). The Bertz CT molecular complexity index is 53.2. The number of rotatable bonds is 3. The molecule has 50 valence electrons. The summed E-state index contributed by atoms with van der Waals surface area (Å²) in [7, 11) is -1.30. The molecule has 8 heavy (non-hydrogen) atoms. The Morgan fingerprint density at radius 2 is 1.62 bits per heavy atom. The lowest BCUT2D eigenvalue weighted by atomic mass is 11.0. The molecule has 0 aromatic rings. The number of aliphatic hydroxyl groups is 2. The first-order valence-corrected chi connectivity index (χ1v) is 5.53. The van der Waals surface area contributed by atoms with Crippen LogP contribution in [0.1, 0.15) is 6.92 Å². The van der Waals surface area contributed by atoms with Crippen molar-refractivity contribution < 1.29 is 10.2 Å². The lowest BCUT2D eigenvalue weighted by Gasteiger charge is -2.13. The van der Waals surface area contributed by atoms with Crippen molar-refractivity contribution >= 4 is 7.26 Å². The maximum atomic E-state index is 8.67. The van der Waals surface area contributed by atoms with Gasteiger partial charge in [-0.2, -0.15) is 0 Å². The molecule has 0 amide bonds. The van der Waals surface area contributed by atoms with Crippen LogP contribution in [0.3, 0.4) is 0 Å². The smallest absolute Gasteiger partial charge is 0.156 e. The molecule has 0 atom stereocenters. The molecule has 0 unspecified atom stereocenters. The van der Waals surface area contributed by atoms with Gasteiger partial charge in [-0.25, -0.2) is 0 Å². The van der Waals surface area contributed by atoms with Gasteiger partial charge in [0.1, 0.15) is 0 Å². The van der Waals surface area contributed by atoms with E-state index in [0.717, 1.165) is 6.16 Å². The molecule has 0 aliphatic carbocycles. The van der Waals surface area contributed by atoms with Crippen LogP contribution in [0.25, 0.3) is 0 Å². The van der Waals surface area contributed by atoms with E-state index in [1.807, 2.05) is 13.6 Å². The highest BCUT2D eigenvalue weighted by molar-refractivity contribution is 7.74. The highest BCUT2D eigenvalue weighted by Gasteiger charge is 2.26. The van der Waals surface area contributed by atoms with Crippen molar-refractivity contribution in [3.63, 3.8) is 0 Å². The third-order valence-corrected chi connectivity index (χ3v) is 4.34. The Morgan fingerprint density at radius 3 is 1.62 bits per heavy atom. The molecule has 0 heterocycles. The topological polar surface area (TPSA) is 40.5 Å². The predicted octanol–water partition coefficient (Wildman–Crippen LogP) is 0.553. The Balaban J connectivity index is 3.58. The van der Waals surface area contributed by atoms with Gasteiger partial charge in [0.2, 0.25) is 0 Å². The lowest BCUT2D eigenvalue weighted by Crippen LogP contribution is -2.02. The van der Waals surface area contributed by atoms with Crippen molar-refractivity contribution in [2.45, 2.75) is 6.92 Å². The van der Waals surface area contributed by atoms with Gasteiger partial charge >= 0.3 is 0 Å². The Kier molecular flexibility index (Phi) is 3.54. The fraction of sp³-hybridized carbons (Fsp3) is 1.00. The summed E-state index contributed by atoms with van der Waals surface area (Å²) in [6.45, 7) is 3.97. The summed E-state index contributed by atoms with van der Waals surface area (Å²) < 4.78 is 0. The minimum Gasteiger partial charge on any atom is -0.362 e. The van der Waals surface area contributed by atoms with E-state index in [2.05, 4.69) is 0 Å². The number of hydrogen-bond donors (Lipinski definition) is 2. The molecule has 0 aliphatic rings. The SMILES string of the molecule is CC[P+](C)(CO)CO. The monoisotopic (exact) mass is 137 g/mol. The second kappa shape index (κ2) is 3.39. The highest BCUT2D eigenvalue weighted by atomic mass is 31.2. The van der Waals surface area contributed by atoms with Crippen LogP contribution in [0.5, 0.6) is 0 Å². The van der Waals surface area contributed by atoms with E-state index in [1.165, 1.54) is 0 Å². The Labute approximate surface area is 50.9 Å². The summed E-state index contributed by atoms with van der Waals surface area (Å²) in [5.41, 5.74) is 0. The lowest BCUT2D eigenvalue weighted by molar-refractivity contribution is 0.339. The second-order valence-corrected chi connectivity index (χ2v) is 6.66. The van der Waals surface area contributed by atoms with Crippen molar-refractivity contribution in [3.05, 3.63) is 0 Å². The first-order chi connectivity index (χ1) is 3.68. The van der Waals surface area contributed by atoms with E-state index < -0.39 is 7.26 Å². The summed E-state index contributed by atoms with van der Waals surface area (Å²) in [6.07, 6.45) is 1.29. The molecule has 0 aliphatic heterocycles. The summed E-state index contributed by atoms with van der Waals surface area (Å²) >= 11 is 0. The maximum Gasteiger partial charge on any atom is 0.156 e. The molecule has 2 N–H and O–H groups in total. The van der Waals surface area contributed by atoms with Gasteiger partial charge in [0.05, 0.1) is 20.1 Å². The van der Waals surface area contributed by atoms with E-state index in [1.54, 1.807) is 0 Å². The van der Waals surface area contributed by atoms with Crippen molar-refractivity contribution in [1.82, 2.24) is 0 Å². The summed E-state index contributed by atoms with van der Waals surface area (Å²) in [5, 5.41) is 17.3. The minimum absolute atomic E-state index is 0.181. The molecule has 0 aromatic heterocycles. The van der Waals surface area contributed by atoms with Crippen LogP contribution in [0.4, 0.5) is 0 Å². The zero-order valence-corrected chi connectivity index (χ0v) is 6.36. The predicted molar refractivity (Wildman–Crippen MR) is 37.6 cm³/mol. The van der Waals surface area contributed by atoms with Crippen LogP contribution in [0, 0.1) is 0 Å². The summed E-state index contributed by atoms with van der Waals surface area (Å²) in [5.74, 6) is 0. The normalized spacial score (nSPS) is 12.0. The van der Waals surface area contributed by atoms with Crippen LogP contribution in [0.15, 0.2) is 0 Å². The first-order valence-electron chi connectivity index (χ1n) is 2.74. The van der Waals surface area contributed by atoms with Gasteiger partial charge in [-0.3, -0.25) is 0 Å². The first kappa shape index (κ1) is 8.35. The van der Waals surface area contributed by atoms with Gasteiger partial charge in [-0.15, -0.1) is 0 Å². The van der Waals surface area contributed by atoms with Gasteiger partial charge in [0, 0.05) is 0 Å². The zero-order chi connectivity index (χ0) is 6.62. The van der Waals surface area contributed by atoms with Crippen LogP contribution in [0.2, 0.25) is 0 Å². The van der Waals surface area contributed by atoms with Gasteiger partial charge in [-0.05, 0) is 6.92 Å². The maximum absolute atomic E-state index is 8.67. The van der Waals surface area contributed by atoms with E-state index in [4.69, 9.17) is 10.2 Å². The van der Waals surface area contributed by atoms with E-state index in [-0.39, 0.29) is 12.7 Å². The molecule has 0 saturated heterocycles. The van der Waals surface area contributed by atoms with E-state index >= 15 is 0 Å². The fourth-order valence-electron chi connectivity index (χ4n) is 0.245. The van der Waals surface area contributed by atoms with Gasteiger partial charge < -0.3 is 10.2 Å². The summed E-state index contributed by atoms with van der Waals surface area (Å²) in [4.78, 5) is 0. The Hall–Kier alpha value is 0.350. The minimum atomic E-state index is -1.30. The van der Waals surface area contributed by atoms with Crippen LogP contribution in [-0.4, -0.2) is 35.7 Å². The fourth-order valence-corrected chi connectivity index (χ4v) is 0.734. The van der Waals surface area contributed by atoms with E-state index in [0.29, 0.717) is 0 Å². The van der Waals surface area contributed by atoms with Crippen molar-refractivity contribution in [3.8, 4) is 0 Å². The molecule has 0 saturated carbocycles. The van der Waals surface area contributed by atoms with Crippen LogP contribution < -0.4 is 0 Å². The molecule has 0 aromatic carbocycles. The van der Waals surface area contributed by atoms with Gasteiger partial charge in [-0.1, -0.05) is 0 Å². The second-order valence-electron chi connectivity index (χ2n) is 2.22. The van der Waals surface area contributed by atoms with Crippen molar-refractivity contribution in [1.29, 1.82) is 0 Å². The van der Waals surface area contributed by atoms with Crippen LogP contribution >= 0.6 is 7.26 Å².